The summed E-state index contributed by atoms with van der Waals surface area (Å²) in [5.41, 5.74) is 5.05. The van der Waals surface area contributed by atoms with Crippen LogP contribution in [0, 0.1) is 11.8 Å². The summed E-state index contributed by atoms with van der Waals surface area (Å²) in [6.45, 7) is 0. The van der Waals surface area contributed by atoms with E-state index in [2.05, 4.69) is 70.0 Å². The molecular weight excluding hydrogens is 387 g/mol. The number of allylic oxidation sites excluding steroid dienone is 10. The largest absolute Gasteiger partial charge is 0.489 e. The topological polar surface area (TPSA) is 18.0 Å². The molecule has 4 heteroatoms. The molecule has 0 bridgehead atoms. The number of ether oxygens (including phenoxy) is 1. The SMILES string of the molecule is FC1CC=CC2C3=C(OC12)C1c2n(C4=CCCC=C4)c4c([n+]2C=CC1C=C3)CCC=C4. The summed E-state index contributed by atoms with van der Waals surface area (Å²) < 4.78 is 26.1. The normalized spacial score (nSPS) is 34.0. The van der Waals surface area contributed by atoms with Gasteiger partial charge >= 0.3 is 0 Å². The van der Waals surface area contributed by atoms with Crippen molar-refractivity contribution in [1.29, 1.82) is 0 Å². The van der Waals surface area contributed by atoms with E-state index in [1.54, 1.807) is 0 Å². The molecule has 1 aromatic heterocycles. The zero-order valence-electron chi connectivity index (χ0n) is 17.5. The molecule has 0 spiro atoms. The van der Waals surface area contributed by atoms with Gasteiger partial charge in [-0.15, -0.1) is 0 Å². The highest BCUT2D eigenvalue weighted by atomic mass is 19.1. The number of rotatable bonds is 1. The van der Waals surface area contributed by atoms with Crippen LogP contribution in [0.5, 0.6) is 0 Å². The minimum absolute atomic E-state index is 0.0297. The van der Waals surface area contributed by atoms with E-state index in [0.29, 0.717) is 6.42 Å². The van der Waals surface area contributed by atoms with Crippen molar-refractivity contribution in [2.75, 3.05) is 0 Å². The van der Waals surface area contributed by atoms with Crippen LogP contribution in [0.2, 0.25) is 0 Å². The monoisotopic (exact) mass is 413 g/mol. The fourth-order valence-electron chi connectivity index (χ4n) is 6.18. The van der Waals surface area contributed by atoms with Gasteiger partial charge in [0.2, 0.25) is 0 Å². The van der Waals surface area contributed by atoms with Crippen LogP contribution in [0.15, 0.2) is 66.0 Å². The first-order valence-electron chi connectivity index (χ1n) is 11.6. The van der Waals surface area contributed by atoms with Crippen LogP contribution >= 0.6 is 0 Å². The molecular formula is C27H26FN2O+. The van der Waals surface area contributed by atoms with Crippen LogP contribution in [-0.2, 0) is 11.2 Å². The second-order valence-electron chi connectivity index (χ2n) is 9.31. The number of imidazole rings is 1. The lowest BCUT2D eigenvalue weighted by Crippen LogP contribution is -2.42. The Morgan fingerprint density at radius 2 is 1.94 bits per heavy atom. The molecule has 5 unspecified atom stereocenters. The van der Waals surface area contributed by atoms with Crippen molar-refractivity contribution >= 4 is 18.0 Å². The van der Waals surface area contributed by atoms with E-state index >= 15 is 0 Å². The number of aromatic nitrogens is 2. The van der Waals surface area contributed by atoms with E-state index in [4.69, 9.17) is 4.74 Å². The van der Waals surface area contributed by atoms with Gasteiger partial charge in [0.05, 0.1) is 6.20 Å². The van der Waals surface area contributed by atoms with Gasteiger partial charge in [-0.3, -0.25) is 0 Å². The molecule has 3 heterocycles. The molecule has 0 N–H and O–H groups in total. The van der Waals surface area contributed by atoms with E-state index in [-0.39, 0.29) is 23.9 Å². The summed E-state index contributed by atoms with van der Waals surface area (Å²) in [5, 5.41) is 0. The summed E-state index contributed by atoms with van der Waals surface area (Å²) in [7, 11) is 0. The van der Waals surface area contributed by atoms with Gasteiger partial charge in [-0.1, -0.05) is 36.5 Å². The van der Waals surface area contributed by atoms with Gasteiger partial charge in [-0.25, -0.2) is 8.96 Å². The van der Waals surface area contributed by atoms with Crippen molar-refractivity contribution in [3.8, 4) is 0 Å². The molecule has 0 amide bonds. The molecule has 1 aromatic rings. The zero-order chi connectivity index (χ0) is 20.5. The molecule has 0 aromatic carbocycles. The minimum atomic E-state index is -0.939. The molecule has 5 atom stereocenters. The smallest absolute Gasteiger partial charge is 0.278 e. The Bertz CT molecular complexity index is 1190. The standard InChI is InChI=1S/C27H26FN2O/c28-21-10-6-9-19-20-14-13-17-15-16-29-22-11-4-5-12-23(22)30(18-7-2-1-3-8-18)27(29)24(17)26(20)31-25(19)21/h2,5-9,12-17,19,21,24-25H,1,3-4,10-11H2/q+1. The molecule has 31 heavy (non-hydrogen) atoms. The third kappa shape index (κ3) is 2.42. The fraction of sp³-hybridized carbons (Fsp3) is 0.370. The Kier molecular flexibility index (Phi) is 3.76. The first kappa shape index (κ1) is 17.8. The van der Waals surface area contributed by atoms with Crippen LogP contribution in [0.4, 0.5) is 4.39 Å². The third-order valence-corrected chi connectivity index (χ3v) is 7.58. The van der Waals surface area contributed by atoms with E-state index in [1.807, 2.05) is 6.08 Å². The van der Waals surface area contributed by atoms with E-state index < -0.39 is 6.17 Å². The molecule has 4 aliphatic carbocycles. The highest BCUT2D eigenvalue weighted by molar-refractivity contribution is 5.66. The number of halogens is 1. The zero-order valence-corrected chi connectivity index (χ0v) is 17.5. The Hall–Kier alpha value is -2.88. The molecule has 0 saturated heterocycles. The van der Waals surface area contributed by atoms with E-state index in [1.165, 1.54) is 28.5 Å². The van der Waals surface area contributed by atoms with Crippen molar-refractivity contribution < 1.29 is 13.7 Å². The molecule has 7 rings (SSSR count). The first-order chi connectivity index (χ1) is 15.3. The van der Waals surface area contributed by atoms with Crippen LogP contribution < -0.4 is 4.57 Å². The number of hydrogen-bond donors (Lipinski definition) is 0. The van der Waals surface area contributed by atoms with Crippen LogP contribution in [0.3, 0.4) is 0 Å². The van der Waals surface area contributed by atoms with Gasteiger partial charge in [0.25, 0.3) is 5.82 Å². The van der Waals surface area contributed by atoms with Crippen molar-refractivity contribution in [2.24, 2.45) is 11.8 Å². The molecule has 2 aliphatic heterocycles. The Balaban J connectivity index is 1.45. The highest BCUT2D eigenvalue weighted by Gasteiger charge is 2.51. The molecule has 3 nitrogen and oxygen atoms in total. The van der Waals surface area contributed by atoms with Crippen LogP contribution in [-0.4, -0.2) is 16.8 Å². The van der Waals surface area contributed by atoms with Crippen molar-refractivity contribution in [3.05, 3.63) is 83.2 Å². The molecule has 0 fully saturated rings. The fourth-order valence-corrected chi connectivity index (χ4v) is 6.18. The van der Waals surface area contributed by atoms with Gasteiger partial charge in [-0.2, -0.15) is 4.57 Å². The van der Waals surface area contributed by atoms with Gasteiger partial charge in [0.15, 0.2) is 11.4 Å². The molecule has 0 radical (unpaired) electrons. The van der Waals surface area contributed by atoms with E-state index in [9.17, 15) is 4.39 Å². The molecule has 0 saturated carbocycles. The lowest BCUT2D eigenvalue weighted by molar-refractivity contribution is -0.589. The van der Waals surface area contributed by atoms with Gasteiger partial charge in [-0.05, 0) is 43.6 Å². The van der Waals surface area contributed by atoms with Crippen molar-refractivity contribution in [3.63, 3.8) is 0 Å². The van der Waals surface area contributed by atoms with Gasteiger partial charge in [0, 0.05) is 30.3 Å². The summed E-state index contributed by atoms with van der Waals surface area (Å²) in [5.74, 6) is 2.56. The predicted octanol–water partition coefficient (Wildman–Crippen LogP) is 5.25. The predicted molar refractivity (Wildman–Crippen MR) is 119 cm³/mol. The average molecular weight is 414 g/mol. The Morgan fingerprint density at radius 1 is 1.00 bits per heavy atom. The summed E-state index contributed by atoms with van der Waals surface area (Å²) in [6, 6.07) is 0. The van der Waals surface area contributed by atoms with E-state index in [0.717, 1.165) is 31.4 Å². The number of alkyl halides is 1. The van der Waals surface area contributed by atoms with Crippen molar-refractivity contribution in [1.82, 2.24) is 4.57 Å². The average Bonchev–Trinajstić information content (AvgIpc) is 3.36. The third-order valence-electron chi connectivity index (χ3n) is 7.58. The second kappa shape index (κ2) is 6.56. The Labute approximate surface area is 181 Å². The number of hydrogen-bond acceptors (Lipinski definition) is 1. The molecule has 156 valence electrons. The minimum Gasteiger partial charge on any atom is -0.489 e. The summed E-state index contributed by atoms with van der Waals surface area (Å²) in [4.78, 5) is 0. The van der Waals surface area contributed by atoms with Crippen LogP contribution in [0.25, 0.3) is 18.0 Å². The Morgan fingerprint density at radius 3 is 2.84 bits per heavy atom. The lowest BCUT2D eigenvalue weighted by Gasteiger charge is -2.28. The van der Waals surface area contributed by atoms with Crippen LogP contribution in [0.1, 0.15) is 48.8 Å². The quantitative estimate of drug-likeness (QED) is 0.454. The lowest BCUT2D eigenvalue weighted by atomic mass is 9.78. The molecule has 6 aliphatic rings. The highest BCUT2D eigenvalue weighted by Crippen LogP contribution is 2.51. The maximum atomic E-state index is 14.8. The summed E-state index contributed by atoms with van der Waals surface area (Å²) in [6.07, 6.45) is 28.0. The maximum absolute atomic E-state index is 14.8. The van der Waals surface area contributed by atoms with Crippen molar-refractivity contribution in [2.45, 2.75) is 50.3 Å². The first-order valence-corrected chi connectivity index (χ1v) is 11.6. The van der Waals surface area contributed by atoms with Gasteiger partial charge in [0.1, 0.15) is 29.6 Å². The second-order valence-corrected chi connectivity index (χ2v) is 9.31. The number of fused-ring (bicyclic) bond motifs is 8. The summed E-state index contributed by atoms with van der Waals surface area (Å²) >= 11 is 0. The van der Waals surface area contributed by atoms with Gasteiger partial charge < -0.3 is 4.74 Å². The maximum Gasteiger partial charge on any atom is 0.278 e. The number of nitrogens with zero attached hydrogens (tertiary/aromatic N) is 2.